The minimum atomic E-state index is -0.405. The Labute approximate surface area is 118 Å². The Morgan fingerprint density at radius 1 is 1.55 bits per heavy atom. The Morgan fingerprint density at radius 2 is 2.30 bits per heavy atom. The van der Waals surface area contributed by atoms with Crippen molar-refractivity contribution in [1.29, 1.82) is 0 Å². The smallest absolute Gasteiger partial charge is 0.311 e. The van der Waals surface area contributed by atoms with Gasteiger partial charge in [-0.1, -0.05) is 6.07 Å². The van der Waals surface area contributed by atoms with Gasteiger partial charge in [0.2, 0.25) is 0 Å². The van der Waals surface area contributed by atoms with E-state index in [1.807, 2.05) is 6.07 Å². The minimum absolute atomic E-state index is 0.0198. The summed E-state index contributed by atoms with van der Waals surface area (Å²) in [6.07, 6.45) is 1.95. The molecule has 1 aromatic rings. The zero-order chi connectivity index (χ0) is 14.7. The van der Waals surface area contributed by atoms with Gasteiger partial charge in [-0.3, -0.25) is 15.0 Å². The third kappa shape index (κ3) is 3.26. The second kappa shape index (κ2) is 6.19. The first-order valence-electron chi connectivity index (χ1n) is 6.82. The Balaban J connectivity index is 2.13. The van der Waals surface area contributed by atoms with Crippen LogP contribution >= 0.6 is 0 Å². The molecular weight excluding hydrogens is 258 g/mol. The number of nitrogens with two attached hydrogens (primary N) is 1. The Morgan fingerprint density at radius 3 is 2.90 bits per heavy atom. The Bertz CT molecular complexity index is 493. The van der Waals surface area contributed by atoms with Gasteiger partial charge in [0.05, 0.1) is 12.0 Å². The number of methoxy groups -OCH3 is 1. The summed E-state index contributed by atoms with van der Waals surface area (Å²) in [7, 11) is 1.44. The molecule has 0 radical (unpaired) electrons. The average molecular weight is 279 g/mol. The van der Waals surface area contributed by atoms with Gasteiger partial charge in [-0.05, 0) is 31.4 Å². The van der Waals surface area contributed by atoms with E-state index in [2.05, 4.69) is 11.8 Å². The molecule has 1 heterocycles. The van der Waals surface area contributed by atoms with Gasteiger partial charge >= 0.3 is 5.69 Å². The third-order valence-electron chi connectivity index (χ3n) is 3.88. The minimum Gasteiger partial charge on any atom is -0.490 e. The first-order chi connectivity index (χ1) is 9.51. The van der Waals surface area contributed by atoms with Crippen LogP contribution in [0.2, 0.25) is 0 Å². The van der Waals surface area contributed by atoms with E-state index in [-0.39, 0.29) is 11.7 Å². The van der Waals surface area contributed by atoms with Crippen LogP contribution in [0, 0.1) is 10.1 Å². The fraction of sp³-hybridized carbons (Fsp3) is 0.571. The number of ether oxygens (including phenoxy) is 1. The third-order valence-corrected chi connectivity index (χ3v) is 3.88. The molecule has 1 aliphatic heterocycles. The van der Waals surface area contributed by atoms with Crippen LogP contribution in [0.5, 0.6) is 5.75 Å². The van der Waals surface area contributed by atoms with Gasteiger partial charge in [-0.25, -0.2) is 0 Å². The average Bonchev–Trinajstić information content (AvgIpc) is 2.41. The fourth-order valence-electron chi connectivity index (χ4n) is 2.70. The van der Waals surface area contributed by atoms with Crippen LogP contribution in [0.25, 0.3) is 0 Å². The van der Waals surface area contributed by atoms with Crippen molar-refractivity contribution in [2.75, 3.05) is 13.7 Å². The highest BCUT2D eigenvalue weighted by Gasteiger charge is 2.24. The molecule has 0 bridgehead atoms. The topological polar surface area (TPSA) is 81.6 Å². The molecule has 1 aromatic carbocycles. The first kappa shape index (κ1) is 14.7. The normalized spacial score (nSPS) is 23.6. The van der Waals surface area contributed by atoms with E-state index in [1.165, 1.54) is 7.11 Å². The van der Waals surface area contributed by atoms with Gasteiger partial charge < -0.3 is 10.5 Å². The van der Waals surface area contributed by atoms with E-state index in [1.54, 1.807) is 12.1 Å². The fourth-order valence-corrected chi connectivity index (χ4v) is 2.70. The SMILES string of the molecule is COc1ccc(CN2CCC(N)CC2C)cc1[N+](=O)[O-]. The zero-order valence-corrected chi connectivity index (χ0v) is 11.9. The summed E-state index contributed by atoms with van der Waals surface area (Å²) in [5, 5.41) is 11.0. The van der Waals surface area contributed by atoms with Crippen molar-refractivity contribution in [1.82, 2.24) is 4.90 Å². The van der Waals surface area contributed by atoms with Crippen LogP contribution in [-0.4, -0.2) is 35.6 Å². The number of nitro groups is 1. The predicted octanol–water partition coefficient (Wildman–Crippen LogP) is 1.91. The van der Waals surface area contributed by atoms with Gasteiger partial charge in [0.25, 0.3) is 0 Å². The molecule has 2 atom stereocenters. The molecule has 6 nitrogen and oxygen atoms in total. The van der Waals surface area contributed by atoms with E-state index in [0.717, 1.165) is 24.9 Å². The molecule has 0 saturated carbocycles. The molecule has 0 spiro atoms. The first-order valence-corrected chi connectivity index (χ1v) is 6.82. The number of hydrogen-bond acceptors (Lipinski definition) is 5. The number of nitro benzene ring substituents is 1. The lowest BCUT2D eigenvalue weighted by molar-refractivity contribution is -0.385. The van der Waals surface area contributed by atoms with Gasteiger partial charge in [-0.2, -0.15) is 0 Å². The van der Waals surface area contributed by atoms with Gasteiger partial charge in [-0.15, -0.1) is 0 Å². The van der Waals surface area contributed by atoms with Crippen LogP contribution in [0.4, 0.5) is 5.69 Å². The molecule has 2 rings (SSSR count). The number of piperidine rings is 1. The molecule has 0 amide bonds. The molecule has 0 aromatic heterocycles. The summed E-state index contributed by atoms with van der Waals surface area (Å²) >= 11 is 0. The molecule has 1 saturated heterocycles. The maximum absolute atomic E-state index is 11.0. The number of hydrogen-bond donors (Lipinski definition) is 1. The van der Waals surface area contributed by atoms with Crippen LogP contribution < -0.4 is 10.5 Å². The van der Waals surface area contributed by atoms with Gasteiger partial charge in [0.15, 0.2) is 5.75 Å². The quantitative estimate of drug-likeness (QED) is 0.672. The van der Waals surface area contributed by atoms with E-state index >= 15 is 0 Å². The van der Waals surface area contributed by atoms with Crippen LogP contribution in [0.3, 0.4) is 0 Å². The van der Waals surface area contributed by atoms with Crippen LogP contribution in [0.15, 0.2) is 18.2 Å². The van der Waals surface area contributed by atoms with Crippen LogP contribution in [-0.2, 0) is 6.54 Å². The van der Waals surface area contributed by atoms with E-state index in [4.69, 9.17) is 10.5 Å². The van der Waals surface area contributed by atoms with Crippen molar-refractivity contribution in [3.63, 3.8) is 0 Å². The lowest BCUT2D eigenvalue weighted by Gasteiger charge is -2.36. The maximum Gasteiger partial charge on any atom is 0.311 e. The van der Waals surface area contributed by atoms with Gasteiger partial charge in [0, 0.05) is 31.2 Å². The van der Waals surface area contributed by atoms with Crippen molar-refractivity contribution in [3.05, 3.63) is 33.9 Å². The van der Waals surface area contributed by atoms with Crippen molar-refractivity contribution >= 4 is 5.69 Å². The summed E-state index contributed by atoms with van der Waals surface area (Å²) in [5.41, 5.74) is 6.90. The molecule has 110 valence electrons. The Hall–Kier alpha value is -1.66. The standard InChI is InChI=1S/C14H21N3O3/c1-10-7-12(15)5-6-16(10)9-11-3-4-14(20-2)13(8-11)17(18)19/h3-4,8,10,12H,5-7,9,15H2,1-2H3. The molecule has 2 N–H and O–H groups in total. The second-order valence-electron chi connectivity index (χ2n) is 5.37. The highest BCUT2D eigenvalue weighted by molar-refractivity contribution is 5.48. The highest BCUT2D eigenvalue weighted by Crippen LogP contribution is 2.29. The summed E-state index contributed by atoms with van der Waals surface area (Å²) < 4.78 is 5.01. The van der Waals surface area contributed by atoms with E-state index in [9.17, 15) is 10.1 Å². The second-order valence-corrected chi connectivity index (χ2v) is 5.37. The van der Waals surface area contributed by atoms with Crippen molar-refractivity contribution in [2.45, 2.75) is 38.4 Å². The molecule has 2 unspecified atom stereocenters. The maximum atomic E-state index is 11.0. The summed E-state index contributed by atoms with van der Waals surface area (Å²) in [6, 6.07) is 5.81. The highest BCUT2D eigenvalue weighted by atomic mass is 16.6. The van der Waals surface area contributed by atoms with Gasteiger partial charge in [0.1, 0.15) is 0 Å². The molecule has 6 heteroatoms. The molecule has 20 heavy (non-hydrogen) atoms. The van der Waals surface area contributed by atoms with E-state index in [0.29, 0.717) is 18.3 Å². The number of nitrogens with zero attached hydrogens (tertiary/aromatic N) is 2. The summed E-state index contributed by atoms with van der Waals surface area (Å²) in [6.45, 7) is 3.79. The largest absolute Gasteiger partial charge is 0.490 e. The van der Waals surface area contributed by atoms with Crippen molar-refractivity contribution in [2.24, 2.45) is 5.73 Å². The Kier molecular flexibility index (Phi) is 4.57. The lowest BCUT2D eigenvalue weighted by atomic mass is 9.98. The lowest BCUT2D eigenvalue weighted by Crippen LogP contribution is -2.44. The zero-order valence-electron chi connectivity index (χ0n) is 11.9. The number of benzene rings is 1. The van der Waals surface area contributed by atoms with E-state index < -0.39 is 4.92 Å². The summed E-state index contributed by atoms with van der Waals surface area (Å²) in [5.74, 6) is 0.299. The van der Waals surface area contributed by atoms with Crippen molar-refractivity contribution < 1.29 is 9.66 Å². The molecule has 1 fully saturated rings. The molecule has 0 aliphatic carbocycles. The molecular formula is C14H21N3O3. The monoisotopic (exact) mass is 279 g/mol. The number of likely N-dealkylation sites (tertiary alicyclic amines) is 1. The number of rotatable bonds is 4. The summed E-state index contributed by atoms with van der Waals surface area (Å²) in [4.78, 5) is 12.9. The molecule has 1 aliphatic rings. The van der Waals surface area contributed by atoms with Crippen LogP contribution in [0.1, 0.15) is 25.3 Å². The predicted molar refractivity (Wildman–Crippen MR) is 76.7 cm³/mol. The van der Waals surface area contributed by atoms with Crippen molar-refractivity contribution in [3.8, 4) is 5.75 Å².